The molecule has 1 aromatic carbocycles. The van der Waals surface area contributed by atoms with Crippen LogP contribution in [0.4, 0.5) is 0 Å². The fourth-order valence-electron chi connectivity index (χ4n) is 3.65. The van der Waals surface area contributed by atoms with E-state index in [-0.39, 0.29) is 17.9 Å². The topological polar surface area (TPSA) is 58.4 Å². The lowest BCUT2D eigenvalue weighted by molar-refractivity contribution is -0.148. The van der Waals surface area contributed by atoms with Gasteiger partial charge >= 0.3 is 0 Å². The van der Waals surface area contributed by atoms with Crippen molar-refractivity contribution in [2.75, 3.05) is 13.6 Å². The van der Waals surface area contributed by atoms with E-state index in [1.54, 1.807) is 23.0 Å². The van der Waals surface area contributed by atoms with Crippen molar-refractivity contribution in [3.05, 3.63) is 53.9 Å². The molecule has 0 aliphatic carbocycles. The molecule has 1 atom stereocenters. The minimum Gasteiger partial charge on any atom is -0.340 e. The summed E-state index contributed by atoms with van der Waals surface area (Å²) in [5.41, 5.74) is 1.70. The maximum Gasteiger partial charge on any atom is 0.245 e. The zero-order valence-electron chi connectivity index (χ0n) is 17.3. The van der Waals surface area contributed by atoms with Crippen molar-refractivity contribution in [2.24, 2.45) is 5.41 Å². The van der Waals surface area contributed by atoms with Gasteiger partial charge in [0.05, 0.1) is 12.7 Å². The minimum absolute atomic E-state index is 0.00547. The zero-order chi connectivity index (χ0) is 20.3. The molecule has 1 aliphatic heterocycles. The molecule has 2 aromatic rings. The van der Waals surface area contributed by atoms with Gasteiger partial charge in [-0.1, -0.05) is 51.1 Å². The van der Waals surface area contributed by atoms with Gasteiger partial charge in [0, 0.05) is 37.3 Å². The third kappa shape index (κ3) is 4.61. The van der Waals surface area contributed by atoms with Crippen LogP contribution in [-0.2, 0) is 22.7 Å². The Morgan fingerprint density at radius 3 is 2.57 bits per heavy atom. The minimum atomic E-state index is -0.472. The standard InChI is InChI=1S/C22H30N4O2/c1-22(2,3)21(28)26-12-8-11-19(26)20(27)24(4)14-18-13-23-25(16-18)15-17-9-6-5-7-10-17/h5-7,9-10,13,16,19H,8,11-12,14-15H2,1-4H3/t19-/m0/s1. The molecule has 2 heterocycles. The smallest absolute Gasteiger partial charge is 0.245 e. The van der Waals surface area contributed by atoms with Gasteiger partial charge in [-0.25, -0.2) is 0 Å². The molecular weight excluding hydrogens is 352 g/mol. The summed E-state index contributed by atoms with van der Waals surface area (Å²) in [6.07, 6.45) is 5.39. The van der Waals surface area contributed by atoms with Gasteiger partial charge < -0.3 is 9.80 Å². The molecule has 0 saturated carbocycles. The molecule has 150 valence electrons. The molecule has 2 amide bonds. The first-order valence-electron chi connectivity index (χ1n) is 9.87. The number of likely N-dealkylation sites (N-methyl/N-ethyl adjacent to an activating group) is 1. The van der Waals surface area contributed by atoms with E-state index < -0.39 is 5.41 Å². The highest BCUT2D eigenvalue weighted by atomic mass is 16.2. The molecule has 6 heteroatoms. The summed E-state index contributed by atoms with van der Waals surface area (Å²) in [6, 6.07) is 9.80. The Hall–Kier alpha value is -2.63. The van der Waals surface area contributed by atoms with E-state index in [0.29, 0.717) is 19.6 Å². The first-order valence-corrected chi connectivity index (χ1v) is 9.87. The Morgan fingerprint density at radius 2 is 1.89 bits per heavy atom. The summed E-state index contributed by atoms with van der Waals surface area (Å²) in [5, 5.41) is 4.41. The van der Waals surface area contributed by atoms with Crippen LogP contribution in [0.5, 0.6) is 0 Å². The molecule has 0 spiro atoms. The zero-order valence-corrected chi connectivity index (χ0v) is 17.3. The third-order valence-corrected chi connectivity index (χ3v) is 5.11. The van der Waals surface area contributed by atoms with Crippen LogP contribution in [0, 0.1) is 5.41 Å². The monoisotopic (exact) mass is 382 g/mol. The molecule has 28 heavy (non-hydrogen) atoms. The lowest BCUT2D eigenvalue weighted by Gasteiger charge is -2.32. The van der Waals surface area contributed by atoms with Crippen molar-refractivity contribution in [3.8, 4) is 0 Å². The van der Waals surface area contributed by atoms with Gasteiger partial charge in [-0.3, -0.25) is 14.3 Å². The predicted octanol–water partition coefficient (Wildman–Crippen LogP) is 2.93. The lowest BCUT2D eigenvalue weighted by Crippen LogP contribution is -2.49. The second-order valence-electron chi connectivity index (χ2n) is 8.63. The number of amides is 2. The first kappa shape index (κ1) is 20.1. The van der Waals surface area contributed by atoms with Crippen LogP contribution < -0.4 is 0 Å². The number of rotatable bonds is 5. The van der Waals surface area contributed by atoms with Crippen molar-refractivity contribution in [3.63, 3.8) is 0 Å². The van der Waals surface area contributed by atoms with Crippen LogP contribution in [0.3, 0.4) is 0 Å². The molecule has 0 N–H and O–H groups in total. The van der Waals surface area contributed by atoms with Gasteiger partial charge in [0.2, 0.25) is 11.8 Å². The molecule has 0 bridgehead atoms. The summed E-state index contributed by atoms with van der Waals surface area (Å²) >= 11 is 0. The molecule has 0 radical (unpaired) electrons. The second kappa shape index (κ2) is 8.17. The van der Waals surface area contributed by atoms with Crippen molar-refractivity contribution in [2.45, 2.75) is 52.7 Å². The molecule has 1 saturated heterocycles. The summed E-state index contributed by atoms with van der Waals surface area (Å²) in [6.45, 7) is 7.56. The van der Waals surface area contributed by atoms with Crippen LogP contribution >= 0.6 is 0 Å². The number of nitrogens with zero attached hydrogens (tertiary/aromatic N) is 4. The van der Waals surface area contributed by atoms with Gasteiger partial charge in [0.25, 0.3) is 0 Å². The largest absolute Gasteiger partial charge is 0.340 e. The van der Waals surface area contributed by atoms with E-state index in [4.69, 9.17) is 0 Å². The van der Waals surface area contributed by atoms with Crippen molar-refractivity contribution in [1.29, 1.82) is 0 Å². The summed E-state index contributed by atoms with van der Waals surface area (Å²) in [7, 11) is 1.80. The average molecular weight is 383 g/mol. The van der Waals surface area contributed by atoms with Crippen molar-refractivity contribution < 1.29 is 9.59 Å². The average Bonchev–Trinajstić information content (AvgIpc) is 3.30. The lowest BCUT2D eigenvalue weighted by atomic mass is 9.94. The Balaban J connectivity index is 1.62. The number of carbonyl (C=O) groups is 2. The van der Waals surface area contributed by atoms with Crippen LogP contribution in [0.25, 0.3) is 0 Å². The number of aromatic nitrogens is 2. The van der Waals surface area contributed by atoms with Crippen molar-refractivity contribution in [1.82, 2.24) is 19.6 Å². The highest BCUT2D eigenvalue weighted by molar-refractivity contribution is 5.90. The number of carbonyl (C=O) groups excluding carboxylic acids is 2. The maximum atomic E-state index is 13.0. The van der Waals surface area contributed by atoms with Gasteiger partial charge in [0.1, 0.15) is 6.04 Å². The Kier molecular flexibility index (Phi) is 5.87. The molecule has 0 unspecified atom stereocenters. The van der Waals surface area contributed by atoms with E-state index >= 15 is 0 Å². The fourth-order valence-corrected chi connectivity index (χ4v) is 3.65. The Bertz CT molecular complexity index is 823. The van der Waals surface area contributed by atoms with Crippen molar-refractivity contribution >= 4 is 11.8 Å². The highest BCUT2D eigenvalue weighted by Gasteiger charge is 2.39. The van der Waals surface area contributed by atoms with E-state index in [2.05, 4.69) is 17.2 Å². The van der Waals surface area contributed by atoms with Gasteiger partial charge in [-0.2, -0.15) is 5.10 Å². The molecule has 1 aromatic heterocycles. The molecular formula is C22H30N4O2. The SMILES string of the molecule is CN(Cc1cnn(Cc2ccccc2)c1)C(=O)[C@@H]1CCCN1C(=O)C(C)(C)C. The van der Waals surface area contributed by atoms with Crippen LogP contribution in [0.2, 0.25) is 0 Å². The van der Waals surface area contributed by atoms with E-state index in [1.807, 2.05) is 49.8 Å². The quantitative estimate of drug-likeness (QED) is 0.799. The summed E-state index contributed by atoms with van der Waals surface area (Å²) in [5.74, 6) is 0.0540. The van der Waals surface area contributed by atoms with Crippen LogP contribution in [0.1, 0.15) is 44.7 Å². The Labute approximate surface area is 167 Å². The summed E-state index contributed by atoms with van der Waals surface area (Å²) < 4.78 is 1.88. The number of likely N-dealkylation sites (tertiary alicyclic amines) is 1. The third-order valence-electron chi connectivity index (χ3n) is 5.11. The number of hydrogen-bond acceptors (Lipinski definition) is 3. The van der Waals surface area contributed by atoms with E-state index in [1.165, 1.54) is 5.56 Å². The van der Waals surface area contributed by atoms with Gasteiger partial charge in [-0.15, -0.1) is 0 Å². The predicted molar refractivity (Wildman–Crippen MR) is 108 cm³/mol. The van der Waals surface area contributed by atoms with E-state index in [0.717, 1.165) is 18.4 Å². The molecule has 3 rings (SSSR count). The van der Waals surface area contributed by atoms with Gasteiger partial charge in [-0.05, 0) is 18.4 Å². The van der Waals surface area contributed by atoms with E-state index in [9.17, 15) is 9.59 Å². The van der Waals surface area contributed by atoms with Gasteiger partial charge in [0.15, 0.2) is 0 Å². The normalized spacial score (nSPS) is 17.0. The molecule has 1 fully saturated rings. The number of hydrogen-bond donors (Lipinski definition) is 0. The van der Waals surface area contributed by atoms with Crippen LogP contribution in [0.15, 0.2) is 42.7 Å². The second-order valence-corrected chi connectivity index (χ2v) is 8.63. The summed E-state index contributed by atoms with van der Waals surface area (Å²) in [4.78, 5) is 29.1. The fraction of sp³-hybridized carbons (Fsp3) is 0.500. The number of benzene rings is 1. The molecule has 1 aliphatic rings. The maximum absolute atomic E-state index is 13.0. The highest BCUT2D eigenvalue weighted by Crippen LogP contribution is 2.26. The molecule has 6 nitrogen and oxygen atoms in total. The first-order chi connectivity index (χ1) is 13.3. The van der Waals surface area contributed by atoms with Crippen LogP contribution in [-0.4, -0.2) is 51.0 Å². The Morgan fingerprint density at radius 1 is 1.18 bits per heavy atom.